The molecule has 0 fully saturated rings. The van der Waals surface area contributed by atoms with Gasteiger partial charge in [-0.2, -0.15) is 0 Å². The van der Waals surface area contributed by atoms with Crippen molar-refractivity contribution in [3.63, 3.8) is 0 Å². The lowest BCUT2D eigenvalue weighted by molar-refractivity contribution is -0.119. The van der Waals surface area contributed by atoms with Gasteiger partial charge in [-0.05, 0) is 50.1 Å². The van der Waals surface area contributed by atoms with Crippen molar-refractivity contribution in [1.82, 2.24) is 9.55 Å². The van der Waals surface area contributed by atoms with Gasteiger partial charge in [0.2, 0.25) is 0 Å². The molecule has 0 bridgehead atoms. The van der Waals surface area contributed by atoms with Gasteiger partial charge in [-0.25, -0.2) is 9.78 Å². The number of amides is 1. The molecule has 1 amide bonds. The van der Waals surface area contributed by atoms with Gasteiger partial charge in [-0.1, -0.05) is 25.1 Å². The molecular formula is C22H23N3O4. The van der Waals surface area contributed by atoms with E-state index in [9.17, 15) is 14.4 Å². The van der Waals surface area contributed by atoms with E-state index in [0.717, 1.165) is 12.0 Å². The summed E-state index contributed by atoms with van der Waals surface area (Å²) < 4.78 is 6.75. The van der Waals surface area contributed by atoms with Crippen molar-refractivity contribution in [2.45, 2.75) is 33.7 Å². The second kappa shape index (κ2) is 8.68. The average Bonchev–Trinajstić information content (AvgIpc) is 2.73. The van der Waals surface area contributed by atoms with Crippen LogP contribution in [0, 0.1) is 6.92 Å². The molecule has 3 aromatic rings. The monoisotopic (exact) mass is 393 g/mol. The van der Waals surface area contributed by atoms with Crippen LogP contribution in [0.3, 0.4) is 0 Å². The maximum Gasteiger partial charge on any atom is 0.338 e. The van der Waals surface area contributed by atoms with Gasteiger partial charge in [0.05, 0.1) is 16.6 Å². The SMILES string of the molecule is CCc1ccccc1NC(=O)COC(=O)c1ccc2c(c1)nc(C)c(=O)n2CC. The first-order valence-electron chi connectivity index (χ1n) is 9.50. The van der Waals surface area contributed by atoms with Gasteiger partial charge in [0, 0.05) is 12.2 Å². The van der Waals surface area contributed by atoms with Crippen LogP contribution in [-0.2, 0) is 22.5 Å². The molecule has 0 aliphatic heterocycles. The number of ether oxygens (including phenoxy) is 1. The summed E-state index contributed by atoms with van der Waals surface area (Å²) in [6.07, 6.45) is 0.780. The summed E-state index contributed by atoms with van der Waals surface area (Å²) in [6.45, 7) is 5.62. The Balaban J connectivity index is 1.72. The first-order chi connectivity index (χ1) is 13.9. The molecule has 1 heterocycles. The molecule has 7 nitrogen and oxygen atoms in total. The van der Waals surface area contributed by atoms with Gasteiger partial charge >= 0.3 is 5.97 Å². The maximum atomic E-state index is 12.4. The zero-order chi connectivity index (χ0) is 21.0. The lowest BCUT2D eigenvalue weighted by Gasteiger charge is -2.11. The third-order valence-electron chi connectivity index (χ3n) is 4.67. The van der Waals surface area contributed by atoms with Gasteiger partial charge < -0.3 is 14.6 Å². The largest absolute Gasteiger partial charge is 0.452 e. The molecule has 0 unspecified atom stereocenters. The smallest absolute Gasteiger partial charge is 0.338 e. The van der Waals surface area contributed by atoms with Crippen molar-refractivity contribution >= 4 is 28.6 Å². The zero-order valence-corrected chi connectivity index (χ0v) is 16.7. The fourth-order valence-corrected chi connectivity index (χ4v) is 3.17. The summed E-state index contributed by atoms with van der Waals surface area (Å²) in [7, 11) is 0. The molecule has 0 aliphatic rings. The molecule has 7 heteroatoms. The molecular weight excluding hydrogens is 370 g/mol. The fraction of sp³-hybridized carbons (Fsp3) is 0.273. The van der Waals surface area contributed by atoms with Crippen molar-refractivity contribution in [2.75, 3.05) is 11.9 Å². The molecule has 0 saturated heterocycles. The number of nitrogens with zero attached hydrogens (tertiary/aromatic N) is 2. The van der Waals surface area contributed by atoms with E-state index in [1.54, 1.807) is 29.7 Å². The van der Waals surface area contributed by atoms with Crippen LogP contribution in [0.15, 0.2) is 47.3 Å². The van der Waals surface area contributed by atoms with E-state index >= 15 is 0 Å². The topological polar surface area (TPSA) is 90.3 Å². The molecule has 0 atom stereocenters. The minimum absolute atomic E-state index is 0.153. The van der Waals surface area contributed by atoms with E-state index in [4.69, 9.17) is 4.74 Å². The number of para-hydroxylation sites is 1. The first-order valence-corrected chi connectivity index (χ1v) is 9.50. The number of hydrogen-bond acceptors (Lipinski definition) is 5. The minimum atomic E-state index is -0.625. The van der Waals surface area contributed by atoms with E-state index in [2.05, 4.69) is 10.3 Å². The highest BCUT2D eigenvalue weighted by atomic mass is 16.5. The quantitative estimate of drug-likeness (QED) is 0.650. The lowest BCUT2D eigenvalue weighted by atomic mass is 10.1. The Morgan fingerprint density at radius 1 is 1.14 bits per heavy atom. The highest BCUT2D eigenvalue weighted by molar-refractivity contribution is 5.97. The number of fused-ring (bicyclic) bond motifs is 1. The van der Waals surface area contributed by atoms with Gasteiger partial charge in [0.15, 0.2) is 6.61 Å². The molecule has 0 spiro atoms. The normalized spacial score (nSPS) is 10.7. The fourth-order valence-electron chi connectivity index (χ4n) is 3.17. The highest BCUT2D eigenvalue weighted by Crippen LogP contribution is 2.16. The molecule has 29 heavy (non-hydrogen) atoms. The van der Waals surface area contributed by atoms with E-state index in [1.165, 1.54) is 0 Å². The Kier molecular flexibility index (Phi) is 6.07. The summed E-state index contributed by atoms with van der Waals surface area (Å²) >= 11 is 0. The van der Waals surface area contributed by atoms with Crippen molar-refractivity contribution < 1.29 is 14.3 Å². The number of benzene rings is 2. The molecule has 150 valence electrons. The Hall–Kier alpha value is -3.48. The van der Waals surface area contributed by atoms with Crippen LogP contribution in [0.5, 0.6) is 0 Å². The standard InChI is InChI=1S/C22H23N3O4/c1-4-15-8-6-7-9-17(15)24-20(26)13-29-22(28)16-10-11-19-18(12-16)23-14(3)21(27)25(19)5-2/h6-12H,4-5,13H2,1-3H3,(H,24,26). The number of nitrogens with one attached hydrogen (secondary N) is 1. The second-order valence-electron chi connectivity index (χ2n) is 6.59. The number of rotatable bonds is 6. The lowest BCUT2D eigenvalue weighted by Crippen LogP contribution is -2.24. The van der Waals surface area contributed by atoms with Gasteiger partial charge in [0.25, 0.3) is 11.5 Å². The average molecular weight is 393 g/mol. The van der Waals surface area contributed by atoms with E-state index in [-0.39, 0.29) is 11.1 Å². The Labute approximate surface area is 168 Å². The van der Waals surface area contributed by atoms with Crippen LogP contribution >= 0.6 is 0 Å². The third kappa shape index (κ3) is 4.34. The minimum Gasteiger partial charge on any atom is -0.452 e. The molecule has 0 aliphatic carbocycles. The zero-order valence-electron chi connectivity index (χ0n) is 16.7. The van der Waals surface area contributed by atoms with Crippen LogP contribution in [0.1, 0.15) is 35.5 Å². The number of hydrogen-bond donors (Lipinski definition) is 1. The summed E-state index contributed by atoms with van der Waals surface area (Å²) in [6, 6.07) is 12.3. The van der Waals surface area contributed by atoms with E-state index < -0.39 is 18.5 Å². The number of aryl methyl sites for hydroxylation is 3. The van der Waals surface area contributed by atoms with Crippen molar-refractivity contribution in [3.05, 3.63) is 69.6 Å². The van der Waals surface area contributed by atoms with Crippen LogP contribution < -0.4 is 10.9 Å². The number of carbonyl (C=O) groups is 2. The molecule has 1 N–H and O–H groups in total. The van der Waals surface area contributed by atoms with Crippen LogP contribution in [0.4, 0.5) is 5.69 Å². The highest BCUT2D eigenvalue weighted by Gasteiger charge is 2.14. The molecule has 3 rings (SSSR count). The van der Waals surface area contributed by atoms with Crippen LogP contribution in [-0.4, -0.2) is 28.0 Å². The van der Waals surface area contributed by atoms with Crippen molar-refractivity contribution in [2.24, 2.45) is 0 Å². The number of esters is 1. The number of aromatic nitrogens is 2. The predicted molar refractivity (Wildman–Crippen MR) is 111 cm³/mol. The van der Waals surface area contributed by atoms with Crippen molar-refractivity contribution in [1.29, 1.82) is 0 Å². The number of carbonyl (C=O) groups excluding carboxylic acids is 2. The van der Waals surface area contributed by atoms with Gasteiger partial charge in [-0.3, -0.25) is 9.59 Å². The third-order valence-corrected chi connectivity index (χ3v) is 4.67. The molecule has 0 saturated carbocycles. The Bertz CT molecular complexity index is 1130. The molecule has 0 radical (unpaired) electrons. The van der Waals surface area contributed by atoms with E-state index in [1.807, 2.05) is 38.1 Å². The molecule has 1 aromatic heterocycles. The van der Waals surface area contributed by atoms with Crippen LogP contribution in [0.25, 0.3) is 11.0 Å². The summed E-state index contributed by atoms with van der Waals surface area (Å²) in [5.74, 6) is -1.03. The first kappa shape index (κ1) is 20.3. The summed E-state index contributed by atoms with van der Waals surface area (Å²) in [5.41, 5.74) is 3.36. The Morgan fingerprint density at radius 3 is 2.62 bits per heavy atom. The Morgan fingerprint density at radius 2 is 1.90 bits per heavy atom. The number of anilines is 1. The van der Waals surface area contributed by atoms with Crippen molar-refractivity contribution in [3.8, 4) is 0 Å². The summed E-state index contributed by atoms with van der Waals surface area (Å²) in [4.78, 5) is 41.0. The van der Waals surface area contributed by atoms with Crippen LogP contribution in [0.2, 0.25) is 0 Å². The maximum absolute atomic E-state index is 12.4. The van der Waals surface area contributed by atoms with Gasteiger partial charge in [0.1, 0.15) is 5.69 Å². The molecule has 2 aromatic carbocycles. The summed E-state index contributed by atoms with van der Waals surface area (Å²) in [5, 5.41) is 2.76. The second-order valence-corrected chi connectivity index (χ2v) is 6.59. The van der Waals surface area contributed by atoms with E-state index in [0.29, 0.717) is 29.0 Å². The van der Waals surface area contributed by atoms with Gasteiger partial charge in [-0.15, -0.1) is 0 Å². The predicted octanol–water partition coefficient (Wildman–Crippen LogP) is 3.08.